The Morgan fingerprint density at radius 3 is 2.60 bits per heavy atom. The minimum Gasteiger partial charge on any atom is -0.480 e. The summed E-state index contributed by atoms with van der Waals surface area (Å²) in [6, 6.07) is 3.80. The van der Waals surface area contributed by atoms with E-state index in [2.05, 4.69) is 0 Å². The first-order valence-electron chi connectivity index (χ1n) is 6.39. The average molecular weight is 316 g/mol. The average Bonchev–Trinajstić information content (AvgIpc) is 2.41. The van der Waals surface area contributed by atoms with E-state index in [1.54, 1.807) is 12.1 Å². The maximum absolute atomic E-state index is 12.4. The quantitative estimate of drug-likeness (QED) is 0.910. The highest BCUT2D eigenvalue weighted by Crippen LogP contribution is 2.27. The Morgan fingerprint density at radius 1 is 1.30 bits per heavy atom. The van der Waals surface area contributed by atoms with Crippen LogP contribution in [0.15, 0.2) is 18.2 Å². The molecule has 1 fully saturated rings. The number of hydrogen-bond donors (Lipinski definition) is 1. The van der Waals surface area contributed by atoms with Gasteiger partial charge in [0, 0.05) is 12.1 Å². The number of rotatable bonds is 2. The number of amides is 1. The molecular formula is C14H15Cl2NO3. The normalized spacial score (nSPS) is 22.6. The molecule has 1 aromatic carbocycles. The highest BCUT2D eigenvalue weighted by atomic mass is 35.5. The largest absolute Gasteiger partial charge is 0.480 e. The van der Waals surface area contributed by atoms with Crippen molar-refractivity contribution in [1.82, 2.24) is 4.90 Å². The van der Waals surface area contributed by atoms with E-state index in [0.717, 1.165) is 6.42 Å². The SMILES string of the molecule is CC1CCN(C(=O)c2ccc(Cl)c(Cl)c2)C(C(=O)O)C1. The summed E-state index contributed by atoms with van der Waals surface area (Å²) in [6.07, 6.45) is 1.28. The fraction of sp³-hybridized carbons (Fsp3) is 0.429. The fourth-order valence-electron chi connectivity index (χ4n) is 2.41. The number of likely N-dealkylation sites (tertiary alicyclic amines) is 1. The molecular weight excluding hydrogens is 301 g/mol. The van der Waals surface area contributed by atoms with Gasteiger partial charge in [0.2, 0.25) is 0 Å². The molecule has 0 radical (unpaired) electrons. The second-order valence-electron chi connectivity index (χ2n) is 5.11. The first kappa shape index (κ1) is 15.1. The summed E-state index contributed by atoms with van der Waals surface area (Å²) in [5, 5.41) is 9.93. The van der Waals surface area contributed by atoms with Gasteiger partial charge in [-0.1, -0.05) is 30.1 Å². The van der Waals surface area contributed by atoms with Crippen LogP contribution in [0.25, 0.3) is 0 Å². The predicted octanol–water partition coefficient (Wildman–Crippen LogP) is 3.32. The molecule has 1 aliphatic rings. The highest BCUT2D eigenvalue weighted by Gasteiger charge is 2.35. The van der Waals surface area contributed by atoms with Crippen LogP contribution >= 0.6 is 23.2 Å². The summed E-state index contributed by atoms with van der Waals surface area (Å²) in [7, 11) is 0. The maximum Gasteiger partial charge on any atom is 0.326 e. The molecule has 0 saturated carbocycles. The Bertz CT molecular complexity index is 547. The number of carbonyl (C=O) groups excluding carboxylic acids is 1. The van der Waals surface area contributed by atoms with Gasteiger partial charge in [-0.2, -0.15) is 0 Å². The van der Waals surface area contributed by atoms with Crippen molar-refractivity contribution in [2.45, 2.75) is 25.8 Å². The van der Waals surface area contributed by atoms with E-state index in [9.17, 15) is 14.7 Å². The third-order valence-electron chi connectivity index (χ3n) is 3.58. The van der Waals surface area contributed by atoms with Crippen molar-refractivity contribution < 1.29 is 14.7 Å². The summed E-state index contributed by atoms with van der Waals surface area (Å²) >= 11 is 11.7. The molecule has 1 aliphatic heterocycles. The lowest BCUT2D eigenvalue weighted by molar-refractivity contribution is -0.144. The molecule has 1 aromatic rings. The molecule has 4 nitrogen and oxygen atoms in total. The van der Waals surface area contributed by atoms with E-state index < -0.39 is 12.0 Å². The summed E-state index contributed by atoms with van der Waals surface area (Å²) in [5.74, 6) is -0.984. The first-order chi connectivity index (χ1) is 9.40. The lowest BCUT2D eigenvalue weighted by Gasteiger charge is -2.36. The summed E-state index contributed by atoms with van der Waals surface area (Å²) in [6.45, 7) is 2.44. The van der Waals surface area contributed by atoms with E-state index in [-0.39, 0.29) is 10.9 Å². The van der Waals surface area contributed by atoms with Gasteiger partial charge >= 0.3 is 5.97 Å². The third kappa shape index (κ3) is 3.07. The Kier molecular flexibility index (Phi) is 4.55. The van der Waals surface area contributed by atoms with Gasteiger partial charge in [-0.25, -0.2) is 4.79 Å². The Morgan fingerprint density at radius 2 is 2.00 bits per heavy atom. The van der Waals surface area contributed by atoms with Crippen LogP contribution in [-0.4, -0.2) is 34.5 Å². The number of carboxylic acids is 1. The van der Waals surface area contributed by atoms with Gasteiger partial charge in [0.25, 0.3) is 5.91 Å². The molecule has 0 aliphatic carbocycles. The van der Waals surface area contributed by atoms with Crippen LogP contribution in [0.2, 0.25) is 10.0 Å². The second kappa shape index (κ2) is 6.02. The van der Waals surface area contributed by atoms with Gasteiger partial charge in [-0.3, -0.25) is 4.79 Å². The molecule has 1 N–H and O–H groups in total. The van der Waals surface area contributed by atoms with Gasteiger partial charge in [0.05, 0.1) is 10.0 Å². The van der Waals surface area contributed by atoms with Gasteiger partial charge in [0.1, 0.15) is 6.04 Å². The van der Waals surface area contributed by atoms with Crippen molar-refractivity contribution >= 4 is 35.1 Å². The standard InChI is InChI=1S/C14H15Cl2NO3/c1-8-4-5-17(12(6-8)14(19)20)13(18)9-2-3-10(15)11(16)7-9/h2-3,7-8,12H,4-6H2,1H3,(H,19,20). The minimum absolute atomic E-state index is 0.287. The van der Waals surface area contributed by atoms with E-state index in [0.29, 0.717) is 29.5 Å². The molecule has 20 heavy (non-hydrogen) atoms. The molecule has 1 heterocycles. The van der Waals surface area contributed by atoms with Crippen LogP contribution in [-0.2, 0) is 4.79 Å². The van der Waals surface area contributed by atoms with Crippen LogP contribution in [0.1, 0.15) is 30.1 Å². The number of nitrogens with zero attached hydrogens (tertiary/aromatic N) is 1. The molecule has 0 spiro atoms. The first-order valence-corrected chi connectivity index (χ1v) is 7.14. The molecule has 108 valence electrons. The fourth-order valence-corrected chi connectivity index (χ4v) is 2.71. The summed E-state index contributed by atoms with van der Waals surface area (Å²) in [5.41, 5.74) is 0.361. The zero-order valence-electron chi connectivity index (χ0n) is 11.0. The third-order valence-corrected chi connectivity index (χ3v) is 4.32. The van der Waals surface area contributed by atoms with Crippen LogP contribution < -0.4 is 0 Å². The summed E-state index contributed by atoms with van der Waals surface area (Å²) in [4.78, 5) is 25.2. The topological polar surface area (TPSA) is 57.6 Å². The maximum atomic E-state index is 12.4. The number of carboxylic acid groups (broad SMARTS) is 1. The van der Waals surface area contributed by atoms with Gasteiger partial charge in [-0.05, 0) is 37.0 Å². The summed E-state index contributed by atoms with van der Waals surface area (Å²) < 4.78 is 0. The van der Waals surface area contributed by atoms with Crippen LogP contribution in [0.3, 0.4) is 0 Å². The van der Waals surface area contributed by atoms with Crippen molar-refractivity contribution in [2.75, 3.05) is 6.54 Å². The van der Waals surface area contributed by atoms with Crippen LogP contribution in [0.5, 0.6) is 0 Å². The molecule has 1 amide bonds. The minimum atomic E-state index is -0.968. The lowest BCUT2D eigenvalue weighted by Crippen LogP contribution is -2.49. The molecule has 1 saturated heterocycles. The molecule has 2 atom stereocenters. The van der Waals surface area contributed by atoms with Crippen LogP contribution in [0, 0.1) is 5.92 Å². The van der Waals surface area contributed by atoms with Gasteiger partial charge < -0.3 is 10.0 Å². The molecule has 2 rings (SSSR count). The monoisotopic (exact) mass is 315 g/mol. The molecule has 0 bridgehead atoms. The zero-order valence-corrected chi connectivity index (χ0v) is 12.5. The van der Waals surface area contributed by atoms with E-state index in [1.807, 2.05) is 6.92 Å². The predicted molar refractivity (Wildman–Crippen MR) is 77.3 cm³/mol. The Balaban J connectivity index is 2.26. The highest BCUT2D eigenvalue weighted by molar-refractivity contribution is 6.42. The lowest BCUT2D eigenvalue weighted by atomic mass is 9.92. The second-order valence-corrected chi connectivity index (χ2v) is 5.93. The number of piperidine rings is 1. The van der Waals surface area contributed by atoms with Gasteiger partial charge in [-0.15, -0.1) is 0 Å². The molecule has 6 heteroatoms. The smallest absolute Gasteiger partial charge is 0.326 e. The zero-order chi connectivity index (χ0) is 14.9. The van der Waals surface area contributed by atoms with E-state index >= 15 is 0 Å². The number of hydrogen-bond acceptors (Lipinski definition) is 2. The Hall–Kier alpha value is -1.26. The van der Waals surface area contributed by atoms with Crippen LogP contribution in [0.4, 0.5) is 0 Å². The number of carbonyl (C=O) groups is 2. The molecule has 0 aromatic heterocycles. The molecule has 2 unspecified atom stereocenters. The van der Waals surface area contributed by atoms with Crippen molar-refractivity contribution in [3.05, 3.63) is 33.8 Å². The van der Waals surface area contributed by atoms with Crippen molar-refractivity contribution in [1.29, 1.82) is 0 Å². The van der Waals surface area contributed by atoms with Crippen molar-refractivity contribution in [3.8, 4) is 0 Å². The number of aliphatic carboxylic acids is 1. The van der Waals surface area contributed by atoms with Crippen molar-refractivity contribution in [3.63, 3.8) is 0 Å². The number of benzene rings is 1. The van der Waals surface area contributed by atoms with Crippen molar-refractivity contribution in [2.24, 2.45) is 5.92 Å². The number of halogens is 2. The van der Waals surface area contributed by atoms with E-state index in [1.165, 1.54) is 11.0 Å². The van der Waals surface area contributed by atoms with E-state index in [4.69, 9.17) is 23.2 Å². The Labute approximate surface area is 127 Å². The van der Waals surface area contributed by atoms with Gasteiger partial charge in [0.15, 0.2) is 0 Å².